The number of halogens is 1. The molecule has 0 bridgehead atoms. The van der Waals surface area contributed by atoms with Gasteiger partial charge in [-0.3, -0.25) is 4.90 Å². The lowest BCUT2D eigenvalue weighted by Gasteiger charge is -2.26. The molecule has 0 amide bonds. The second-order valence-electron chi connectivity index (χ2n) is 5.79. The number of likely N-dealkylation sites (tertiary alicyclic amines) is 1. The van der Waals surface area contributed by atoms with Gasteiger partial charge in [-0.2, -0.15) is 0 Å². The highest BCUT2D eigenvalue weighted by Crippen LogP contribution is 2.39. The first kappa shape index (κ1) is 16.1. The van der Waals surface area contributed by atoms with Crippen LogP contribution in [0.25, 0.3) is 0 Å². The number of imidazole rings is 1. The van der Waals surface area contributed by atoms with Crippen molar-refractivity contribution in [3.05, 3.63) is 40.9 Å². The third kappa shape index (κ3) is 3.16. The molecule has 0 unspecified atom stereocenters. The molecule has 1 aromatic heterocycles. The highest BCUT2D eigenvalue weighted by atomic mass is 35.5. The molecule has 2 aromatic rings. The van der Waals surface area contributed by atoms with Crippen molar-refractivity contribution in [2.75, 3.05) is 20.8 Å². The second kappa shape index (κ2) is 6.81. The SMILES string of the molecule is COc1ccc([C@H]2CCCN2Cc2ncc(Cl)n2C)c(OC)c1. The molecular formula is C17H22ClN3O2. The molecule has 1 saturated heterocycles. The molecule has 0 N–H and O–H groups in total. The molecule has 1 aromatic carbocycles. The van der Waals surface area contributed by atoms with Gasteiger partial charge < -0.3 is 14.0 Å². The number of benzene rings is 1. The van der Waals surface area contributed by atoms with Gasteiger partial charge in [0, 0.05) is 24.7 Å². The minimum atomic E-state index is 0.325. The summed E-state index contributed by atoms with van der Waals surface area (Å²) in [7, 11) is 5.32. The average Bonchev–Trinajstić information content (AvgIpc) is 3.16. The molecule has 3 rings (SSSR count). The first-order valence-electron chi connectivity index (χ1n) is 7.76. The zero-order chi connectivity index (χ0) is 16.4. The maximum atomic E-state index is 6.10. The zero-order valence-electron chi connectivity index (χ0n) is 13.8. The van der Waals surface area contributed by atoms with Crippen LogP contribution in [0.1, 0.15) is 30.3 Å². The Bertz CT molecular complexity index is 686. The van der Waals surface area contributed by atoms with Crippen LogP contribution in [0.5, 0.6) is 11.5 Å². The Labute approximate surface area is 141 Å². The van der Waals surface area contributed by atoms with E-state index in [9.17, 15) is 0 Å². The Balaban J connectivity index is 1.85. The summed E-state index contributed by atoms with van der Waals surface area (Å²) in [4.78, 5) is 6.85. The summed E-state index contributed by atoms with van der Waals surface area (Å²) in [5, 5.41) is 0.665. The van der Waals surface area contributed by atoms with Crippen LogP contribution in [0.3, 0.4) is 0 Å². The largest absolute Gasteiger partial charge is 0.497 e. The van der Waals surface area contributed by atoms with Gasteiger partial charge in [-0.25, -0.2) is 4.98 Å². The predicted molar refractivity (Wildman–Crippen MR) is 90.1 cm³/mol. The number of aromatic nitrogens is 2. The number of ether oxygens (including phenoxy) is 2. The fraction of sp³-hybridized carbons (Fsp3) is 0.471. The molecule has 1 aliphatic rings. The van der Waals surface area contributed by atoms with Crippen LogP contribution in [-0.2, 0) is 13.6 Å². The van der Waals surface area contributed by atoms with E-state index in [-0.39, 0.29) is 0 Å². The average molecular weight is 336 g/mol. The van der Waals surface area contributed by atoms with Crippen LogP contribution in [0.15, 0.2) is 24.4 Å². The van der Waals surface area contributed by atoms with Crippen molar-refractivity contribution < 1.29 is 9.47 Å². The fourth-order valence-corrected chi connectivity index (χ4v) is 3.36. The monoisotopic (exact) mass is 335 g/mol. The molecule has 0 aliphatic carbocycles. The number of nitrogens with zero attached hydrogens (tertiary/aromatic N) is 3. The summed E-state index contributed by atoms with van der Waals surface area (Å²) in [6, 6.07) is 6.37. The molecular weight excluding hydrogens is 314 g/mol. The maximum absolute atomic E-state index is 6.10. The maximum Gasteiger partial charge on any atom is 0.128 e. The van der Waals surface area contributed by atoms with Crippen molar-refractivity contribution in [3.8, 4) is 11.5 Å². The summed E-state index contributed by atoms with van der Waals surface area (Å²) in [6.07, 6.45) is 3.98. The highest BCUT2D eigenvalue weighted by Gasteiger charge is 2.29. The minimum absolute atomic E-state index is 0.325. The molecule has 0 spiro atoms. The molecule has 0 radical (unpaired) electrons. The predicted octanol–water partition coefficient (Wildman–Crippen LogP) is 3.43. The molecule has 124 valence electrons. The third-order valence-corrected chi connectivity index (χ3v) is 4.89. The van der Waals surface area contributed by atoms with Crippen LogP contribution in [0, 0.1) is 0 Å². The first-order chi connectivity index (χ1) is 11.1. The summed E-state index contributed by atoms with van der Waals surface area (Å²) in [5.41, 5.74) is 1.20. The lowest BCUT2D eigenvalue weighted by molar-refractivity contribution is 0.234. The fourth-order valence-electron chi connectivity index (χ4n) is 3.21. The lowest BCUT2D eigenvalue weighted by Crippen LogP contribution is -2.24. The summed E-state index contributed by atoms with van der Waals surface area (Å²) >= 11 is 6.10. The number of hydrogen-bond donors (Lipinski definition) is 0. The zero-order valence-corrected chi connectivity index (χ0v) is 14.5. The molecule has 2 heterocycles. The van der Waals surface area contributed by atoms with Crippen LogP contribution >= 0.6 is 11.6 Å². The van der Waals surface area contributed by atoms with E-state index in [0.29, 0.717) is 11.2 Å². The minimum Gasteiger partial charge on any atom is -0.497 e. The van der Waals surface area contributed by atoms with Gasteiger partial charge in [0.05, 0.1) is 27.0 Å². The Hall–Kier alpha value is -1.72. The van der Waals surface area contributed by atoms with Gasteiger partial charge in [-0.05, 0) is 25.5 Å². The molecule has 1 aliphatic heterocycles. The van der Waals surface area contributed by atoms with Crippen molar-refractivity contribution in [1.29, 1.82) is 0 Å². The van der Waals surface area contributed by atoms with E-state index in [4.69, 9.17) is 21.1 Å². The van der Waals surface area contributed by atoms with E-state index >= 15 is 0 Å². The third-order valence-electron chi connectivity index (χ3n) is 4.54. The van der Waals surface area contributed by atoms with Crippen molar-refractivity contribution in [3.63, 3.8) is 0 Å². The van der Waals surface area contributed by atoms with E-state index in [0.717, 1.165) is 43.3 Å². The summed E-state index contributed by atoms with van der Waals surface area (Å²) in [5.74, 6) is 2.67. The number of hydrogen-bond acceptors (Lipinski definition) is 4. The Morgan fingerprint density at radius 1 is 1.30 bits per heavy atom. The van der Waals surface area contributed by atoms with Gasteiger partial charge in [-0.15, -0.1) is 0 Å². The van der Waals surface area contributed by atoms with Crippen LogP contribution < -0.4 is 9.47 Å². The smallest absolute Gasteiger partial charge is 0.128 e. The van der Waals surface area contributed by atoms with Gasteiger partial charge in [0.1, 0.15) is 22.5 Å². The van der Waals surface area contributed by atoms with Crippen molar-refractivity contribution in [2.45, 2.75) is 25.4 Å². The Kier molecular flexibility index (Phi) is 4.78. The van der Waals surface area contributed by atoms with E-state index in [1.165, 1.54) is 5.56 Å². The molecule has 23 heavy (non-hydrogen) atoms. The first-order valence-corrected chi connectivity index (χ1v) is 8.14. The summed E-state index contributed by atoms with van der Waals surface area (Å²) < 4.78 is 12.8. The van der Waals surface area contributed by atoms with Gasteiger partial charge >= 0.3 is 0 Å². The van der Waals surface area contributed by atoms with Gasteiger partial charge in [0.15, 0.2) is 0 Å². The lowest BCUT2D eigenvalue weighted by atomic mass is 10.0. The topological polar surface area (TPSA) is 39.5 Å². The van der Waals surface area contributed by atoms with Crippen LogP contribution in [0.2, 0.25) is 5.15 Å². The summed E-state index contributed by atoms with van der Waals surface area (Å²) in [6.45, 7) is 1.83. The number of rotatable bonds is 5. The normalized spacial score (nSPS) is 18.3. The molecule has 1 fully saturated rings. The molecule has 5 nitrogen and oxygen atoms in total. The number of methoxy groups -OCH3 is 2. The van der Waals surface area contributed by atoms with Gasteiger partial charge in [0.25, 0.3) is 0 Å². The van der Waals surface area contributed by atoms with Crippen LogP contribution in [-0.4, -0.2) is 35.2 Å². The van der Waals surface area contributed by atoms with Crippen molar-refractivity contribution >= 4 is 11.6 Å². The van der Waals surface area contributed by atoms with Gasteiger partial charge in [0.2, 0.25) is 0 Å². The van der Waals surface area contributed by atoms with Crippen molar-refractivity contribution in [2.24, 2.45) is 7.05 Å². The highest BCUT2D eigenvalue weighted by molar-refractivity contribution is 6.29. The molecule has 0 saturated carbocycles. The quantitative estimate of drug-likeness (QED) is 0.839. The van der Waals surface area contributed by atoms with E-state index in [1.807, 2.05) is 23.7 Å². The Morgan fingerprint density at radius 3 is 2.78 bits per heavy atom. The van der Waals surface area contributed by atoms with E-state index in [1.54, 1.807) is 20.4 Å². The van der Waals surface area contributed by atoms with E-state index < -0.39 is 0 Å². The Morgan fingerprint density at radius 2 is 2.13 bits per heavy atom. The van der Waals surface area contributed by atoms with Crippen LogP contribution in [0.4, 0.5) is 0 Å². The van der Waals surface area contributed by atoms with E-state index in [2.05, 4.69) is 16.0 Å². The standard InChI is InChI=1S/C17H22ClN3O2/c1-20-16(18)10-19-17(20)11-21-8-4-5-14(21)13-7-6-12(22-2)9-15(13)23-3/h6-7,9-10,14H,4-5,8,11H2,1-3H3/t14-/m1/s1. The van der Waals surface area contributed by atoms with Crippen molar-refractivity contribution in [1.82, 2.24) is 14.5 Å². The molecule has 6 heteroatoms. The molecule has 1 atom stereocenters. The second-order valence-corrected chi connectivity index (χ2v) is 6.18. The van der Waals surface area contributed by atoms with Gasteiger partial charge in [-0.1, -0.05) is 17.7 Å².